The lowest BCUT2D eigenvalue weighted by atomic mass is 9.81. The summed E-state index contributed by atoms with van der Waals surface area (Å²) in [4.78, 5) is 31.1. The van der Waals surface area contributed by atoms with Gasteiger partial charge >= 0.3 is 0 Å². The molecule has 0 aliphatic carbocycles. The minimum absolute atomic E-state index is 0.00229. The fourth-order valence-electron chi connectivity index (χ4n) is 3.93. The molecule has 1 aromatic heterocycles. The molecule has 1 aromatic rings. The predicted molar refractivity (Wildman–Crippen MR) is 99.9 cm³/mol. The van der Waals surface area contributed by atoms with Gasteiger partial charge in [0.05, 0.1) is 6.61 Å². The van der Waals surface area contributed by atoms with E-state index in [1.165, 1.54) is 0 Å². The van der Waals surface area contributed by atoms with Gasteiger partial charge in [-0.1, -0.05) is 19.8 Å². The van der Waals surface area contributed by atoms with E-state index < -0.39 is 0 Å². The number of fused-ring (bicyclic) bond motifs is 2. The third-order valence-electron chi connectivity index (χ3n) is 5.46. The second-order valence-corrected chi connectivity index (χ2v) is 7.35. The zero-order valence-electron chi connectivity index (χ0n) is 15.6. The lowest BCUT2D eigenvalue weighted by Crippen LogP contribution is -2.45. The Morgan fingerprint density at radius 1 is 1.35 bits per heavy atom. The Balaban J connectivity index is 1.63. The normalized spacial score (nSPS) is 23.3. The molecule has 0 radical (unpaired) electrons. The molecular formula is C20H29N3O3. The molecule has 1 N–H and O–H groups in total. The Labute approximate surface area is 155 Å². The summed E-state index contributed by atoms with van der Waals surface area (Å²) in [5.74, 6) is 1.34. The zero-order chi connectivity index (χ0) is 18.4. The molecule has 0 aromatic carbocycles. The average Bonchev–Trinajstić information content (AvgIpc) is 2.64. The summed E-state index contributed by atoms with van der Waals surface area (Å²) in [5.41, 5.74) is 0.638. The first-order valence-corrected chi connectivity index (χ1v) is 9.82. The maximum atomic E-state index is 12.5. The largest absolute Gasteiger partial charge is 0.476 e. The van der Waals surface area contributed by atoms with Gasteiger partial charge in [0.1, 0.15) is 5.69 Å². The molecule has 6 nitrogen and oxygen atoms in total. The van der Waals surface area contributed by atoms with Crippen LogP contribution in [0, 0.1) is 11.8 Å². The van der Waals surface area contributed by atoms with Crippen LogP contribution < -0.4 is 10.1 Å². The maximum absolute atomic E-state index is 12.5. The van der Waals surface area contributed by atoms with Gasteiger partial charge in [-0.2, -0.15) is 0 Å². The first-order valence-electron chi connectivity index (χ1n) is 9.82. The average molecular weight is 359 g/mol. The topological polar surface area (TPSA) is 71.5 Å². The molecule has 3 heterocycles. The number of rotatable bonds is 4. The molecule has 26 heavy (non-hydrogen) atoms. The smallest absolute Gasteiger partial charge is 0.237 e. The van der Waals surface area contributed by atoms with E-state index >= 15 is 0 Å². The van der Waals surface area contributed by atoms with Crippen LogP contribution >= 0.6 is 0 Å². The van der Waals surface area contributed by atoms with Gasteiger partial charge in [-0.3, -0.25) is 9.59 Å². The van der Waals surface area contributed by atoms with Crippen molar-refractivity contribution in [3.05, 3.63) is 18.3 Å². The van der Waals surface area contributed by atoms with Crippen molar-refractivity contribution in [3.8, 4) is 5.88 Å². The molecule has 1 saturated heterocycles. The van der Waals surface area contributed by atoms with E-state index in [9.17, 15) is 9.59 Å². The van der Waals surface area contributed by atoms with Crippen molar-refractivity contribution < 1.29 is 14.3 Å². The molecule has 0 spiro atoms. The molecule has 2 aliphatic heterocycles. The molecule has 6 heteroatoms. The number of hydrogen-bond donors (Lipinski definition) is 1. The third kappa shape index (κ3) is 4.74. The lowest BCUT2D eigenvalue weighted by Gasteiger charge is -2.39. The highest BCUT2D eigenvalue weighted by molar-refractivity contribution is 5.92. The van der Waals surface area contributed by atoms with Gasteiger partial charge in [0.25, 0.3) is 0 Å². The summed E-state index contributed by atoms with van der Waals surface area (Å²) in [6.45, 7) is 4.20. The van der Waals surface area contributed by atoms with E-state index in [2.05, 4.69) is 17.2 Å². The SMILES string of the molecule is CCCCCC(=O)N1CC[C@H]2CC(=O)Nc3cccnc3OCC[C@H]2C1. The van der Waals surface area contributed by atoms with Crippen LogP contribution in [0.1, 0.15) is 51.9 Å². The summed E-state index contributed by atoms with van der Waals surface area (Å²) in [5, 5.41) is 2.92. The number of likely N-dealkylation sites (tertiary alicyclic amines) is 1. The number of amides is 2. The van der Waals surface area contributed by atoms with Crippen LogP contribution in [0.5, 0.6) is 5.88 Å². The number of hydrogen-bond acceptors (Lipinski definition) is 4. The molecule has 2 atom stereocenters. The van der Waals surface area contributed by atoms with Crippen molar-refractivity contribution in [3.63, 3.8) is 0 Å². The van der Waals surface area contributed by atoms with Crippen LogP contribution in [0.15, 0.2) is 18.3 Å². The van der Waals surface area contributed by atoms with Crippen molar-refractivity contribution in [2.75, 3.05) is 25.0 Å². The van der Waals surface area contributed by atoms with Crippen LogP contribution in [0.4, 0.5) is 5.69 Å². The highest BCUT2D eigenvalue weighted by atomic mass is 16.5. The standard InChI is InChI=1S/C20H29N3O3/c1-2-3-4-7-19(25)23-11-8-15-13-18(24)22-17-6-5-10-21-20(17)26-12-9-16(15)14-23/h5-6,10,15-16H,2-4,7-9,11-14H2,1H3,(H,22,24)/t15-,16-/m0/s1. The molecule has 2 aliphatic rings. The van der Waals surface area contributed by atoms with Crippen LogP contribution in [0.25, 0.3) is 0 Å². The van der Waals surface area contributed by atoms with Crippen LogP contribution in [0.3, 0.4) is 0 Å². The van der Waals surface area contributed by atoms with Crippen molar-refractivity contribution >= 4 is 17.5 Å². The number of unbranched alkanes of at least 4 members (excludes halogenated alkanes) is 2. The van der Waals surface area contributed by atoms with Gasteiger partial charge in [0, 0.05) is 32.1 Å². The summed E-state index contributed by atoms with van der Waals surface area (Å²) in [7, 11) is 0. The minimum atomic E-state index is 0.00229. The first kappa shape index (κ1) is 18.7. The lowest BCUT2D eigenvalue weighted by molar-refractivity contribution is -0.134. The predicted octanol–water partition coefficient (Wildman–Crippen LogP) is 3.24. The molecule has 0 unspecified atom stereocenters. The molecule has 0 saturated carbocycles. The van der Waals surface area contributed by atoms with E-state index in [1.54, 1.807) is 12.3 Å². The van der Waals surface area contributed by atoms with E-state index in [4.69, 9.17) is 4.74 Å². The van der Waals surface area contributed by atoms with Gasteiger partial charge in [-0.25, -0.2) is 4.98 Å². The van der Waals surface area contributed by atoms with Gasteiger partial charge in [-0.05, 0) is 43.2 Å². The second kappa shape index (κ2) is 9.01. The summed E-state index contributed by atoms with van der Waals surface area (Å²) in [6, 6.07) is 3.61. The Morgan fingerprint density at radius 3 is 3.08 bits per heavy atom. The number of pyridine rings is 1. The molecule has 142 valence electrons. The Kier molecular flexibility index (Phi) is 6.47. The van der Waals surface area contributed by atoms with Crippen molar-refractivity contribution in [2.24, 2.45) is 11.8 Å². The number of nitrogens with zero attached hydrogens (tertiary/aromatic N) is 2. The highest BCUT2D eigenvalue weighted by Gasteiger charge is 2.33. The minimum Gasteiger partial charge on any atom is -0.476 e. The van der Waals surface area contributed by atoms with Gasteiger partial charge in [0.2, 0.25) is 17.7 Å². The monoisotopic (exact) mass is 359 g/mol. The van der Waals surface area contributed by atoms with Gasteiger partial charge in [-0.15, -0.1) is 0 Å². The quantitative estimate of drug-likeness (QED) is 0.838. The Hall–Kier alpha value is -2.11. The van der Waals surface area contributed by atoms with E-state index in [0.29, 0.717) is 42.9 Å². The Morgan fingerprint density at radius 2 is 2.23 bits per heavy atom. The van der Waals surface area contributed by atoms with Crippen molar-refractivity contribution in [2.45, 2.75) is 51.9 Å². The van der Waals surface area contributed by atoms with Crippen molar-refractivity contribution in [1.29, 1.82) is 0 Å². The number of ether oxygens (including phenoxy) is 1. The number of piperidine rings is 1. The van der Waals surface area contributed by atoms with E-state index in [0.717, 1.165) is 45.2 Å². The van der Waals surface area contributed by atoms with Gasteiger partial charge in [0.15, 0.2) is 0 Å². The number of carbonyl (C=O) groups excluding carboxylic acids is 2. The number of carbonyl (C=O) groups is 2. The number of anilines is 1. The summed E-state index contributed by atoms with van der Waals surface area (Å²) >= 11 is 0. The van der Waals surface area contributed by atoms with Crippen LogP contribution in [-0.4, -0.2) is 41.4 Å². The molecule has 3 rings (SSSR count). The van der Waals surface area contributed by atoms with Gasteiger partial charge < -0.3 is 15.0 Å². The summed E-state index contributed by atoms with van der Waals surface area (Å²) < 4.78 is 5.81. The zero-order valence-corrected chi connectivity index (χ0v) is 15.6. The highest BCUT2D eigenvalue weighted by Crippen LogP contribution is 2.32. The Bertz CT molecular complexity index is 634. The number of aromatic nitrogens is 1. The summed E-state index contributed by atoms with van der Waals surface area (Å²) in [6.07, 6.45) is 7.72. The second-order valence-electron chi connectivity index (χ2n) is 7.35. The van der Waals surface area contributed by atoms with Crippen LogP contribution in [0.2, 0.25) is 0 Å². The number of nitrogens with one attached hydrogen (secondary N) is 1. The first-order chi connectivity index (χ1) is 12.7. The molecule has 0 bridgehead atoms. The molecule has 2 amide bonds. The molecular weight excluding hydrogens is 330 g/mol. The molecule has 1 fully saturated rings. The van der Waals surface area contributed by atoms with E-state index in [-0.39, 0.29) is 11.8 Å². The maximum Gasteiger partial charge on any atom is 0.237 e. The van der Waals surface area contributed by atoms with Crippen molar-refractivity contribution in [1.82, 2.24) is 9.88 Å². The fourth-order valence-corrected chi connectivity index (χ4v) is 3.93. The van der Waals surface area contributed by atoms with Crippen LogP contribution in [-0.2, 0) is 9.59 Å². The third-order valence-corrected chi connectivity index (χ3v) is 5.46. The fraction of sp³-hybridized carbons (Fsp3) is 0.650. The van der Waals surface area contributed by atoms with E-state index in [1.807, 2.05) is 11.0 Å².